The number of thioether (sulfide) groups is 1. The topological polar surface area (TPSA) is 49.4 Å². The van der Waals surface area contributed by atoms with Crippen molar-refractivity contribution in [2.45, 2.75) is 18.2 Å². The second-order valence-electron chi connectivity index (χ2n) is 6.51. The molecule has 0 saturated carbocycles. The summed E-state index contributed by atoms with van der Waals surface area (Å²) >= 11 is 1.51. The number of carbonyl (C=O) groups is 2. The Hall–Kier alpha value is -2.86. The first-order valence-electron chi connectivity index (χ1n) is 9.14. The van der Waals surface area contributed by atoms with Crippen molar-refractivity contribution in [1.82, 2.24) is 0 Å². The third-order valence-electron chi connectivity index (χ3n) is 4.79. The number of hydrogen-bond donors (Lipinski definition) is 1. The van der Waals surface area contributed by atoms with Gasteiger partial charge in [0.05, 0.1) is 5.69 Å². The molecule has 3 aromatic rings. The lowest BCUT2D eigenvalue weighted by Gasteiger charge is -2.15. The van der Waals surface area contributed by atoms with E-state index < -0.39 is 0 Å². The summed E-state index contributed by atoms with van der Waals surface area (Å²) in [6.07, 6.45) is 0.338. The van der Waals surface area contributed by atoms with E-state index >= 15 is 0 Å². The lowest BCUT2D eigenvalue weighted by Crippen LogP contribution is -2.25. The molecule has 3 aromatic carbocycles. The van der Waals surface area contributed by atoms with Crippen LogP contribution in [-0.4, -0.2) is 24.1 Å². The summed E-state index contributed by atoms with van der Waals surface area (Å²) < 4.78 is 12.9. The van der Waals surface area contributed by atoms with Gasteiger partial charge in [-0.1, -0.05) is 12.1 Å². The predicted molar refractivity (Wildman–Crippen MR) is 112 cm³/mol. The van der Waals surface area contributed by atoms with Gasteiger partial charge in [0.1, 0.15) is 5.82 Å². The lowest BCUT2D eigenvalue weighted by molar-refractivity contribution is -0.115. The number of nitrogens with zero attached hydrogens (tertiary/aromatic N) is 1. The molecule has 4 rings (SSSR count). The number of hydrogen-bond acceptors (Lipinski definition) is 3. The third-order valence-corrected chi connectivity index (χ3v) is 5.80. The van der Waals surface area contributed by atoms with E-state index in [0.29, 0.717) is 30.0 Å². The number of rotatable bonds is 6. The molecule has 142 valence electrons. The van der Waals surface area contributed by atoms with Gasteiger partial charge >= 0.3 is 0 Å². The number of anilines is 2. The molecule has 0 aliphatic carbocycles. The largest absolute Gasteiger partial charge is 0.325 e. The zero-order valence-electron chi connectivity index (χ0n) is 15.4. The van der Waals surface area contributed by atoms with Crippen LogP contribution in [0, 0.1) is 5.82 Å². The molecule has 0 fully saturated rings. The average Bonchev–Trinajstić information content (AvgIpc) is 2.98. The molecule has 1 N–H and O–H groups in total. The molecule has 1 aliphatic heterocycles. The normalized spacial score (nSPS) is 12.6. The van der Waals surface area contributed by atoms with E-state index in [-0.39, 0.29) is 17.6 Å². The first-order chi connectivity index (χ1) is 13.6. The van der Waals surface area contributed by atoms with Gasteiger partial charge in [0.15, 0.2) is 0 Å². The van der Waals surface area contributed by atoms with Gasteiger partial charge in [-0.05, 0) is 49.4 Å². The third kappa shape index (κ3) is 3.36. The minimum atomic E-state index is -0.269. The van der Waals surface area contributed by atoms with Crippen LogP contribution >= 0.6 is 11.8 Å². The molecular formula is C22H19FN2O2S. The maximum atomic E-state index is 12.9. The van der Waals surface area contributed by atoms with Crippen LogP contribution in [0.1, 0.15) is 23.7 Å². The summed E-state index contributed by atoms with van der Waals surface area (Å²) in [5.41, 5.74) is 2.28. The van der Waals surface area contributed by atoms with Crippen molar-refractivity contribution in [2.75, 3.05) is 22.5 Å². The second kappa shape index (κ2) is 7.64. The van der Waals surface area contributed by atoms with E-state index in [1.807, 2.05) is 37.3 Å². The van der Waals surface area contributed by atoms with E-state index in [9.17, 15) is 14.0 Å². The van der Waals surface area contributed by atoms with Crippen molar-refractivity contribution in [1.29, 1.82) is 0 Å². The Labute approximate surface area is 166 Å². The number of amides is 2. The lowest BCUT2D eigenvalue weighted by atomic mass is 10.0. The van der Waals surface area contributed by atoms with Crippen LogP contribution < -0.4 is 10.2 Å². The summed E-state index contributed by atoms with van der Waals surface area (Å²) in [6, 6.07) is 15.6. The minimum Gasteiger partial charge on any atom is -0.325 e. The molecule has 0 unspecified atom stereocenters. The Morgan fingerprint density at radius 1 is 1.11 bits per heavy atom. The standard InChI is InChI=1S/C22H19FN2O2S/c1-2-25-19-11-10-18(16-4-3-5-17(21(16)19)22(25)27)24-20(26)12-13-28-15-8-6-14(23)7-9-15/h3-11H,2,12-13H2,1H3,(H,24,26). The van der Waals surface area contributed by atoms with Crippen molar-refractivity contribution in [3.8, 4) is 0 Å². The molecule has 6 heteroatoms. The monoisotopic (exact) mass is 394 g/mol. The Kier molecular flexibility index (Phi) is 5.05. The van der Waals surface area contributed by atoms with E-state index in [2.05, 4.69) is 5.32 Å². The van der Waals surface area contributed by atoms with Gasteiger partial charge in [0.2, 0.25) is 5.91 Å². The average molecular weight is 394 g/mol. The van der Waals surface area contributed by atoms with Crippen LogP contribution in [0.25, 0.3) is 10.8 Å². The summed E-state index contributed by atoms with van der Waals surface area (Å²) in [6.45, 7) is 2.55. The molecule has 4 nitrogen and oxygen atoms in total. The van der Waals surface area contributed by atoms with Gasteiger partial charge in [0.25, 0.3) is 5.91 Å². The number of benzene rings is 3. The molecule has 0 saturated heterocycles. The van der Waals surface area contributed by atoms with Gasteiger partial charge < -0.3 is 10.2 Å². The van der Waals surface area contributed by atoms with Gasteiger partial charge in [-0.25, -0.2) is 4.39 Å². The van der Waals surface area contributed by atoms with Crippen LogP contribution in [0.2, 0.25) is 0 Å². The van der Waals surface area contributed by atoms with Gasteiger partial charge in [0, 0.05) is 45.6 Å². The smallest absolute Gasteiger partial charge is 0.258 e. The van der Waals surface area contributed by atoms with Crippen LogP contribution in [0.15, 0.2) is 59.5 Å². The molecule has 1 heterocycles. The Morgan fingerprint density at radius 2 is 1.89 bits per heavy atom. The molecule has 0 spiro atoms. The van der Waals surface area contributed by atoms with Crippen molar-refractivity contribution >= 4 is 45.7 Å². The molecule has 0 bridgehead atoms. The quantitative estimate of drug-likeness (QED) is 0.593. The molecule has 0 aromatic heterocycles. The zero-order chi connectivity index (χ0) is 19.7. The first-order valence-corrected chi connectivity index (χ1v) is 10.1. The number of nitrogens with one attached hydrogen (secondary N) is 1. The molecule has 0 radical (unpaired) electrons. The molecule has 1 aliphatic rings. The maximum absolute atomic E-state index is 12.9. The van der Waals surface area contributed by atoms with Crippen molar-refractivity contribution in [2.24, 2.45) is 0 Å². The van der Waals surface area contributed by atoms with Crippen molar-refractivity contribution in [3.05, 3.63) is 66.0 Å². The van der Waals surface area contributed by atoms with Crippen molar-refractivity contribution in [3.63, 3.8) is 0 Å². The summed E-state index contributed by atoms with van der Waals surface area (Å²) in [5, 5.41) is 4.74. The van der Waals surface area contributed by atoms with Gasteiger partial charge in [-0.2, -0.15) is 0 Å². The van der Waals surface area contributed by atoms with Crippen molar-refractivity contribution < 1.29 is 14.0 Å². The van der Waals surface area contributed by atoms with Crippen LogP contribution in [-0.2, 0) is 4.79 Å². The van der Waals surface area contributed by atoms with E-state index in [1.54, 1.807) is 17.0 Å². The maximum Gasteiger partial charge on any atom is 0.258 e. The van der Waals surface area contributed by atoms with Crippen LogP contribution in [0.5, 0.6) is 0 Å². The Morgan fingerprint density at radius 3 is 2.64 bits per heavy atom. The second-order valence-corrected chi connectivity index (χ2v) is 7.68. The highest BCUT2D eigenvalue weighted by Crippen LogP contribution is 2.40. The first kappa shape index (κ1) is 18.5. The highest BCUT2D eigenvalue weighted by Gasteiger charge is 2.29. The van der Waals surface area contributed by atoms with Crippen LogP contribution in [0.4, 0.5) is 15.8 Å². The molecule has 0 atom stereocenters. The zero-order valence-corrected chi connectivity index (χ0v) is 16.2. The molecule has 2 amide bonds. The van der Waals surface area contributed by atoms with Gasteiger partial charge in [-0.3, -0.25) is 9.59 Å². The van der Waals surface area contributed by atoms with Crippen LogP contribution in [0.3, 0.4) is 0 Å². The predicted octanol–water partition coefficient (Wildman–Crippen LogP) is 5.08. The highest BCUT2D eigenvalue weighted by atomic mass is 32.2. The van der Waals surface area contributed by atoms with Gasteiger partial charge in [-0.15, -0.1) is 11.8 Å². The fourth-order valence-corrected chi connectivity index (χ4v) is 4.33. The Bertz CT molecular complexity index is 1070. The minimum absolute atomic E-state index is 0.00211. The van der Waals surface area contributed by atoms with E-state index in [0.717, 1.165) is 21.4 Å². The SMILES string of the molecule is CCN1C(=O)c2cccc3c(NC(=O)CCSc4ccc(F)cc4)ccc1c23. The number of carbonyl (C=O) groups excluding carboxylic acids is 2. The Balaban J connectivity index is 1.48. The summed E-state index contributed by atoms with van der Waals surface area (Å²) in [7, 11) is 0. The number of halogens is 1. The fraction of sp³-hybridized carbons (Fsp3) is 0.182. The summed E-state index contributed by atoms with van der Waals surface area (Å²) in [4.78, 5) is 27.6. The highest BCUT2D eigenvalue weighted by molar-refractivity contribution is 7.99. The van der Waals surface area contributed by atoms with E-state index in [4.69, 9.17) is 0 Å². The fourth-order valence-electron chi connectivity index (χ4n) is 3.47. The molecular weight excluding hydrogens is 375 g/mol. The molecule has 28 heavy (non-hydrogen) atoms. The summed E-state index contributed by atoms with van der Waals surface area (Å²) in [5.74, 6) is 0.240. The van der Waals surface area contributed by atoms with E-state index in [1.165, 1.54) is 23.9 Å².